The van der Waals surface area contributed by atoms with Crippen molar-refractivity contribution in [2.75, 3.05) is 6.61 Å². The van der Waals surface area contributed by atoms with Crippen molar-refractivity contribution in [3.63, 3.8) is 0 Å². The molecule has 23 heavy (non-hydrogen) atoms. The monoisotopic (exact) mass is 318 g/mol. The van der Waals surface area contributed by atoms with E-state index in [-0.39, 0.29) is 29.3 Å². The van der Waals surface area contributed by atoms with Gasteiger partial charge in [-0.05, 0) is 19.1 Å². The van der Waals surface area contributed by atoms with Gasteiger partial charge in [-0.3, -0.25) is 9.78 Å². The Morgan fingerprint density at radius 3 is 2.78 bits per heavy atom. The number of amides is 1. The van der Waals surface area contributed by atoms with Crippen LogP contribution in [-0.2, 0) is 4.74 Å². The number of phenols is 1. The van der Waals surface area contributed by atoms with Gasteiger partial charge in [-0.15, -0.1) is 0 Å². The number of carbonyl (C=O) groups excluding carboxylic acids is 2. The number of nitrogens with one attached hydrogen (secondary N) is 3. The lowest BCUT2D eigenvalue weighted by atomic mass is 10.2. The smallest absolute Gasteiger partial charge is 0.357 e. The minimum Gasteiger partial charge on any atom is -0.507 e. The van der Waals surface area contributed by atoms with Gasteiger partial charge in [0.05, 0.1) is 24.1 Å². The molecular formula is C14H14N4O5. The number of ether oxygens (including phenoxy) is 1. The van der Waals surface area contributed by atoms with E-state index in [9.17, 15) is 19.5 Å². The molecule has 4 N–H and O–H groups in total. The fraction of sp³-hybridized carbons (Fsp3) is 0.143. The van der Waals surface area contributed by atoms with Crippen LogP contribution in [0.4, 0.5) is 0 Å². The van der Waals surface area contributed by atoms with Gasteiger partial charge in [0.25, 0.3) is 5.91 Å². The molecule has 1 aromatic heterocycles. The van der Waals surface area contributed by atoms with Gasteiger partial charge in [-0.2, -0.15) is 5.10 Å². The zero-order valence-corrected chi connectivity index (χ0v) is 12.1. The van der Waals surface area contributed by atoms with Crippen molar-refractivity contribution >= 4 is 18.1 Å². The summed E-state index contributed by atoms with van der Waals surface area (Å²) in [7, 11) is 0. The van der Waals surface area contributed by atoms with E-state index >= 15 is 0 Å². The fourth-order valence-corrected chi connectivity index (χ4v) is 1.74. The number of para-hydroxylation sites is 1. The minimum atomic E-state index is -0.723. The number of hydrogen-bond acceptors (Lipinski definition) is 6. The van der Waals surface area contributed by atoms with E-state index in [4.69, 9.17) is 4.74 Å². The lowest BCUT2D eigenvalue weighted by Crippen LogP contribution is -2.18. The average molecular weight is 318 g/mol. The van der Waals surface area contributed by atoms with E-state index in [1.165, 1.54) is 12.1 Å². The van der Waals surface area contributed by atoms with Crippen molar-refractivity contribution in [3.05, 3.63) is 51.7 Å². The number of hydrazone groups is 1. The SMILES string of the molecule is CCOC(=O)c1[nH]c(=O)[nH]c1/C=N/NC(=O)c1ccccc1O. The molecule has 0 bridgehead atoms. The summed E-state index contributed by atoms with van der Waals surface area (Å²) in [5.41, 5.74) is 1.57. The summed E-state index contributed by atoms with van der Waals surface area (Å²) < 4.78 is 4.78. The third-order valence-corrected chi connectivity index (χ3v) is 2.74. The highest BCUT2D eigenvalue weighted by atomic mass is 16.5. The third-order valence-electron chi connectivity index (χ3n) is 2.74. The van der Waals surface area contributed by atoms with Crippen LogP contribution in [0.25, 0.3) is 0 Å². The number of aromatic hydroxyl groups is 1. The molecule has 0 saturated carbocycles. The summed E-state index contributed by atoms with van der Waals surface area (Å²) in [5.74, 6) is -1.56. The average Bonchev–Trinajstić information content (AvgIpc) is 2.89. The van der Waals surface area contributed by atoms with E-state index in [1.54, 1.807) is 19.1 Å². The molecule has 1 amide bonds. The van der Waals surface area contributed by atoms with Gasteiger partial charge in [-0.25, -0.2) is 15.0 Å². The van der Waals surface area contributed by atoms with Crippen molar-refractivity contribution < 1.29 is 19.4 Å². The maximum Gasteiger partial charge on any atom is 0.357 e. The molecule has 0 atom stereocenters. The van der Waals surface area contributed by atoms with Crippen LogP contribution >= 0.6 is 0 Å². The number of esters is 1. The molecule has 1 aromatic carbocycles. The van der Waals surface area contributed by atoms with Crippen molar-refractivity contribution in [1.82, 2.24) is 15.4 Å². The van der Waals surface area contributed by atoms with E-state index in [0.717, 1.165) is 6.21 Å². The third kappa shape index (κ3) is 3.84. The second kappa shape index (κ2) is 7.07. The van der Waals surface area contributed by atoms with E-state index < -0.39 is 17.6 Å². The summed E-state index contributed by atoms with van der Waals surface area (Å²) in [5, 5.41) is 13.2. The molecule has 0 aliphatic carbocycles. The normalized spacial score (nSPS) is 10.7. The largest absolute Gasteiger partial charge is 0.507 e. The molecule has 0 fully saturated rings. The predicted molar refractivity (Wildman–Crippen MR) is 80.5 cm³/mol. The van der Waals surface area contributed by atoms with Crippen molar-refractivity contribution in [2.24, 2.45) is 5.10 Å². The van der Waals surface area contributed by atoms with Crippen molar-refractivity contribution in [1.29, 1.82) is 0 Å². The van der Waals surface area contributed by atoms with Crippen LogP contribution in [0.1, 0.15) is 33.5 Å². The Morgan fingerprint density at radius 1 is 1.35 bits per heavy atom. The van der Waals surface area contributed by atoms with E-state index in [0.29, 0.717) is 0 Å². The maximum atomic E-state index is 11.8. The molecular weight excluding hydrogens is 304 g/mol. The van der Waals surface area contributed by atoms with Crippen molar-refractivity contribution in [2.45, 2.75) is 6.92 Å². The maximum absolute atomic E-state index is 11.8. The topological polar surface area (TPSA) is 137 Å². The molecule has 120 valence electrons. The van der Waals surface area contributed by atoms with Crippen LogP contribution in [0.2, 0.25) is 0 Å². The number of carbonyl (C=O) groups is 2. The first-order valence-electron chi connectivity index (χ1n) is 6.63. The number of rotatable bonds is 5. The molecule has 0 aliphatic rings. The van der Waals surface area contributed by atoms with Gasteiger partial charge in [0, 0.05) is 0 Å². The number of hydrogen-bond donors (Lipinski definition) is 4. The number of nitrogens with zero attached hydrogens (tertiary/aromatic N) is 1. The Kier molecular flexibility index (Phi) is 4.92. The Hall–Kier alpha value is -3.36. The van der Waals surface area contributed by atoms with Gasteiger partial charge in [0.1, 0.15) is 5.75 Å². The molecule has 0 unspecified atom stereocenters. The van der Waals surface area contributed by atoms with E-state index in [2.05, 4.69) is 20.5 Å². The lowest BCUT2D eigenvalue weighted by molar-refractivity contribution is 0.0519. The highest BCUT2D eigenvalue weighted by Crippen LogP contribution is 2.14. The van der Waals surface area contributed by atoms with Crippen LogP contribution < -0.4 is 11.1 Å². The molecule has 1 heterocycles. The highest BCUT2D eigenvalue weighted by Gasteiger charge is 2.15. The molecule has 0 radical (unpaired) electrons. The number of aromatic amines is 2. The number of H-pyrrole nitrogens is 2. The first-order valence-corrected chi connectivity index (χ1v) is 6.63. The molecule has 2 rings (SSSR count). The second-order valence-electron chi connectivity index (χ2n) is 4.30. The summed E-state index contributed by atoms with van der Waals surface area (Å²) in [6, 6.07) is 5.94. The Balaban J connectivity index is 2.12. The Morgan fingerprint density at radius 2 is 2.09 bits per heavy atom. The quantitative estimate of drug-likeness (QED) is 0.358. The molecule has 9 heteroatoms. The van der Waals surface area contributed by atoms with Crippen LogP contribution in [0, 0.1) is 0 Å². The minimum absolute atomic E-state index is 0.0397. The van der Waals surface area contributed by atoms with E-state index in [1.807, 2.05) is 0 Å². The number of phenolic OH excluding ortho intramolecular Hbond substituents is 1. The van der Waals surface area contributed by atoms with Gasteiger partial charge < -0.3 is 14.8 Å². The summed E-state index contributed by atoms with van der Waals surface area (Å²) >= 11 is 0. The second-order valence-corrected chi connectivity index (χ2v) is 4.30. The van der Waals surface area contributed by atoms with Crippen LogP contribution in [0.5, 0.6) is 5.75 Å². The van der Waals surface area contributed by atoms with Gasteiger partial charge in [0.2, 0.25) is 0 Å². The molecule has 0 spiro atoms. The van der Waals surface area contributed by atoms with Crippen LogP contribution in [-0.4, -0.2) is 39.8 Å². The Bertz CT molecular complexity index is 805. The van der Waals surface area contributed by atoms with Gasteiger partial charge in [0.15, 0.2) is 5.69 Å². The lowest BCUT2D eigenvalue weighted by Gasteiger charge is -2.02. The van der Waals surface area contributed by atoms with Gasteiger partial charge >= 0.3 is 11.7 Å². The first kappa shape index (κ1) is 16.0. The van der Waals surface area contributed by atoms with Gasteiger partial charge in [-0.1, -0.05) is 12.1 Å². The molecule has 0 aliphatic heterocycles. The van der Waals surface area contributed by atoms with Crippen LogP contribution in [0.3, 0.4) is 0 Å². The fourth-order valence-electron chi connectivity index (χ4n) is 1.74. The summed E-state index contributed by atoms with van der Waals surface area (Å²) in [4.78, 5) is 39.4. The zero-order chi connectivity index (χ0) is 16.8. The number of benzene rings is 1. The molecule has 0 saturated heterocycles. The predicted octanol–water partition coefficient (Wildman–Crippen LogP) is 0.349. The number of imidazole rings is 1. The standard InChI is InChI=1S/C14H14N4O5/c1-2-23-13(21)11-9(16-14(22)17-11)7-15-18-12(20)8-5-3-4-6-10(8)19/h3-7,19H,2H2,1H3,(H,18,20)(H2,16,17,22)/b15-7+. The highest BCUT2D eigenvalue weighted by molar-refractivity contribution is 5.99. The summed E-state index contributed by atoms with van der Waals surface area (Å²) in [6.07, 6.45) is 1.09. The van der Waals surface area contributed by atoms with Crippen molar-refractivity contribution in [3.8, 4) is 5.75 Å². The zero-order valence-electron chi connectivity index (χ0n) is 12.1. The summed E-state index contributed by atoms with van der Waals surface area (Å²) in [6.45, 7) is 1.77. The van der Waals surface area contributed by atoms with Crippen LogP contribution in [0.15, 0.2) is 34.2 Å². The molecule has 2 aromatic rings. The Labute approximate surface area is 130 Å². The number of aromatic nitrogens is 2. The first-order chi connectivity index (χ1) is 11.0. The molecule has 9 nitrogen and oxygen atoms in total.